The zero-order chi connectivity index (χ0) is 19.5. The molecule has 1 N–H and O–H groups in total. The maximum absolute atomic E-state index is 13.2. The molecule has 0 radical (unpaired) electrons. The van der Waals surface area contributed by atoms with E-state index < -0.39 is 0 Å². The second-order valence-electron chi connectivity index (χ2n) is 7.42. The molecule has 2 aliphatic heterocycles. The van der Waals surface area contributed by atoms with Crippen LogP contribution in [0, 0.1) is 5.92 Å². The Bertz CT molecular complexity index is 863. The van der Waals surface area contributed by atoms with Gasteiger partial charge in [-0.15, -0.1) is 0 Å². The first kappa shape index (κ1) is 19.0. The molecule has 0 bridgehead atoms. The number of fused-ring (bicyclic) bond motifs is 1. The third-order valence-corrected chi connectivity index (χ3v) is 6.08. The first-order chi connectivity index (χ1) is 13.6. The number of amides is 3. The van der Waals surface area contributed by atoms with Gasteiger partial charge in [-0.05, 0) is 61.6 Å². The van der Waals surface area contributed by atoms with E-state index in [2.05, 4.69) is 27.3 Å². The fraction of sp³-hybridized carbons (Fsp3) is 0.364. The maximum atomic E-state index is 13.2. The van der Waals surface area contributed by atoms with E-state index in [4.69, 9.17) is 0 Å². The lowest BCUT2D eigenvalue weighted by atomic mass is 9.93. The van der Waals surface area contributed by atoms with Gasteiger partial charge in [0.25, 0.3) is 0 Å². The van der Waals surface area contributed by atoms with Crippen LogP contribution in [0.1, 0.15) is 24.8 Å². The first-order valence-corrected chi connectivity index (χ1v) is 10.6. The van der Waals surface area contributed by atoms with E-state index in [1.54, 1.807) is 4.90 Å². The van der Waals surface area contributed by atoms with Crippen LogP contribution in [0.5, 0.6) is 0 Å². The average Bonchev–Trinajstić information content (AvgIpc) is 2.73. The molecule has 1 saturated heterocycles. The molecule has 0 unspecified atom stereocenters. The van der Waals surface area contributed by atoms with Gasteiger partial charge in [0.05, 0.1) is 0 Å². The number of carbonyl (C=O) groups is 2. The Morgan fingerprint density at radius 2 is 1.75 bits per heavy atom. The molecule has 0 aromatic heterocycles. The summed E-state index contributed by atoms with van der Waals surface area (Å²) in [4.78, 5) is 29.4. The number of rotatable bonds is 2. The van der Waals surface area contributed by atoms with Crippen molar-refractivity contribution in [2.45, 2.75) is 25.7 Å². The van der Waals surface area contributed by atoms with Crippen LogP contribution in [0.3, 0.4) is 0 Å². The summed E-state index contributed by atoms with van der Waals surface area (Å²) >= 11 is 3.52. The Hall–Kier alpha value is -2.34. The van der Waals surface area contributed by atoms with Gasteiger partial charge in [-0.2, -0.15) is 0 Å². The highest BCUT2D eigenvalue weighted by molar-refractivity contribution is 9.10. The number of halogens is 1. The number of nitrogens with one attached hydrogen (secondary N) is 1. The van der Waals surface area contributed by atoms with Gasteiger partial charge in [0.2, 0.25) is 5.91 Å². The van der Waals surface area contributed by atoms with Gasteiger partial charge in [0.15, 0.2) is 0 Å². The van der Waals surface area contributed by atoms with Crippen LogP contribution in [-0.2, 0) is 11.2 Å². The molecule has 5 nitrogen and oxygen atoms in total. The van der Waals surface area contributed by atoms with Gasteiger partial charge in [-0.1, -0.05) is 34.1 Å². The second kappa shape index (κ2) is 8.35. The Kier molecular flexibility index (Phi) is 5.67. The lowest BCUT2D eigenvalue weighted by molar-refractivity contribution is -0.123. The molecule has 2 aromatic rings. The highest BCUT2D eigenvalue weighted by Crippen LogP contribution is 2.32. The molecule has 2 aromatic carbocycles. The predicted octanol–water partition coefficient (Wildman–Crippen LogP) is 4.67. The van der Waals surface area contributed by atoms with E-state index in [9.17, 15) is 9.59 Å². The Morgan fingerprint density at radius 3 is 2.50 bits per heavy atom. The maximum Gasteiger partial charge on any atom is 0.321 e. The summed E-state index contributed by atoms with van der Waals surface area (Å²) in [5, 5.41) is 2.92. The summed E-state index contributed by atoms with van der Waals surface area (Å²) in [5.74, 6) is 0.182. The number of carbonyl (C=O) groups excluding carboxylic acids is 2. The quantitative estimate of drug-likeness (QED) is 0.735. The number of hydrogen-bond donors (Lipinski definition) is 1. The molecular formula is C22H24BrN3O2. The van der Waals surface area contributed by atoms with E-state index in [-0.39, 0.29) is 17.9 Å². The Morgan fingerprint density at radius 1 is 1.00 bits per heavy atom. The summed E-state index contributed by atoms with van der Waals surface area (Å²) < 4.78 is 1.05. The number of aryl methyl sites for hydroxylation is 1. The molecule has 2 aliphatic rings. The highest BCUT2D eigenvalue weighted by Gasteiger charge is 2.32. The number of urea groups is 1. The fourth-order valence-electron chi connectivity index (χ4n) is 4.07. The number of likely N-dealkylation sites (tertiary alicyclic amines) is 1. The van der Waals surface area contributed by atoms with Crippen molar-refractivity contribution in [2.75, 3.05) is 29.9 Å². The van der Waals surface area contributed by atoms with Gasteiger partial charge in [-0.3, -0.25) is 4.79 Å². The second-order valence-corrected chi connectivity index (χ2v) is 8.34. The summed E-state index contributed by atoms with van der Waals surface area (Å²) in [6.45, 7) is 1.99. The fourth-order valence-corrected chi connectivity index (χ4v) is 4.48. The van der Waals surface area contributed by atoms with Crippen molar-refractivity contribution in [3.63, 3.8) is 0 Å². The zero-order valence-corrected chi connectivity index (χ0v) is 17.3. The molecule has 0 atom stereocenters. The number of hydrogen-bond acceptors (Lipinski definition) is 2. The minimum Gasteiger partial charge on any atom is -0.324 e. The topological polar surface area (TPSA) is 52.7 Å². The Balaban J connectivity index is 1.37. The number of anilines is 2. The summed E-state index contributed by atoms with van der Waals surface area (Å²) in [6.07, 6.45) is 3.43. The number of nitrogens with zero attached hydrogens (tertiary/aromatic N) is 2. The monoisotopic (exact) mass is 441 g/mol. The van der Waals surface area contributed by atoms with Crippen LogP contribution in [0.2, 0.25) is 0 Å². The summed E-state index contributed by atoms with van der Waals surface area (Å²) in [6, 6.07) is 15.5. The molecule has 146 valence electrons. The molecule has 4 rings (SSSR count). The van der Waals surface area contributed by atoms with Crippen molar-refractivity contribution in [2.24, 2.45) is 5.92 Å². The molecule has 3 amide bonds. The number of para-hydroxylation sites is 1. The van der Waals surface area contributed by atoms with E-state index in [1.165, 1.54) is 5.56 Å². The van der Waals surface area contributed by atoms with Crippen molar-refractivity contribution >= 4 is 39.2 Å². The number of piperidine rings is 1. The van der Waals surface area contributed by atoms with Crippen LogP contribution in [0.4, 0.5) is 16.2 Å². The molecule has 1 fully saturated rings. The van der Waals surface area contributed by atoms with Gasteiger partial charge in [0.1, 0.15) is 0 Å². The van der Waals surface area contributed by atoms with Crippen LogP contribution >= 0.6 is 15.9 Å². The predicted molar refractivity (Wildman–Crippen MR) is 115 cm³/mol. The van der Waals surface area contributed by atoms with Crippen molar-refractivity contribution in [1.29, 1.82) is 0 Å². The van der Waals surface area contributed by atoms with Gasteiger partial charge in [0, 0.05) is 41.4 Å². The normalized spacial score (nSPS) is 17.2. The van der Waals surface area contributed by atoms with Crippen LogP contribution in [0.15, 0.2) is 53.0 Å². The summed E-state index contributed by atoms with van der Waals surface area (Å²) in [5.41, 5.74) is 3.07. The van der Waals surface area contributed by atoms with Crippen LogP contribution in [-0.4, -0.2) is 36.5 Å². The number of benzene rings is 2. The van der Waals surface area contributed by atoms with Gasteiger partial charge in [-0.25, -0.2) is 4.79 Å². The lowest BCUT2D eigenvalue weighted by Gasteiger charge is -2.36. The average molecular weight is 442 g/mol. The first-order valence-electron chi connectivity index (χ1n) is 9.82. The summed E-state index contributed by atoms with van der Waals surface area (Å²) in [7, 11) is 0. The molecule has 28 heavy (non-hydrogen) atoms. The van der Waals surface area contributed by atoms with Crippen LogP contribution in [0.25, 0.3) is 0 Å². The zero-order valence-electron chi connectivity index (χ0n) is 15.7. The molecule has 0 aliphatic carbocycles. The largest absolute Gasteiger partial charge is 0.324 e. The lowest BCUT2D eigenvalue weighted by Crippen LogP contribution is -2.46. The third-order valence-electron chi connectivity index (χ3n) is 5.58. The van der Waals surface area contributed by atoms with Crippen molar-refractivity contribution < 1.29 is 9.59 Å². The molecule has 0 spiro atoms. The van der Waals surface area contributed by atoms with Crippen molar-refractivity contribution in [3.8, 4) is 0 Å². The molecule has 2 heterocycles. The standard InChI is InChI=1S/C22H24BrN3O2/c23-18-8-9-20-17(15-18)5-4-12-26(20)21(27)16-10-13-25(14-11-16)22(28)24-19-6-2-1-3-7-19/h1-3,6-9,15-16H,4-5,10-14H2,(H,24,28). The molecule has 0 saturated carbocycles. The third kappa shape index (κ3) is 4.07. The minimum absolute atomic E-state index is 0.0182. The van der Waals surface area contributed by atoms with Crippen LogP contribution < -0.4 is 10.2 Å². The van der Waals surface area contributed by atoms with Gasteiger partial charge >= 0.3 is 6.03 Å². The Labute approximate surface area is 173 Å². The van der Waals surface area contributed by atoms with Crippen molar-refractivity contribution in [1.82, 2.24) is 4.90 Å². The SMILES string of the molecule is O=C(Nc1ccccc1)N1CCC(C(=O)N2CCCc3cc(Br)ccc32)CC1. The van der Waals surface area contributed by atoms with E-state index in [0.29, 0.717) is 25.9 Å². The van der Waals surface area contributed by atoms with Gasteiger partial charge < -0.3 is 15.1 Å². The molecular weight excluding hydrogens is 418 g/mol. The van der Waals surface area contributed by atoms with E-state index in [1.807, 2.05) is 47.4 Å². The highest BCUT2D eigenvalue weighted by atomic mass is 79.9. The van der Waals surface area contributed by atoms with E-state index >= 15 is 0 Å². The molecule has 6 heteroatoms. The van der Waals surface area contributed by atoms with E-state index in [0.717, 1.165) is 35.2 Å². The van der Waals surface area contributed by atoms with Crippen molar-refractivity contribution in [3.05, 3.63) is 58.6 Å². The smallest absolute Gasteiger partial charge is 0.321 e. The minimum atomic E-state index is -0.0923.